The fraction of sp³-hybridized carbons (Fsp3) is 0.385. The van der Waals surface area contributed by atoms with Crippen molar-refractivity contribution in [2.24, 2.45) is 5.41 Å². The highest BCUT2D eigenvalue weighted by Crippen LogP contribution is 2.38. The third-order valence-corrected chi connectivity index (χ3v) is 3.61. The third-order valence-electron chi connectivity index (χ3n) is 3.26. The highest BCUT2D eigenvalue weighted by molar-refractivity contribution is 6.31. The first-order chi connectivity index (χ1) is 8.07. The quantitative estimate of drug-likeness (QED) is 0.809. The summed E-state index contributed by atoms with van der Waals surface area (Å²) in [5.74, 6) is -0.442. The molecule has 0 radical (unpaired) electrons. The zero-order chi connectivity index (χ0) is 12.5. The molecule has 0 bridgehead atoms. The summed E-state index contributed by atoms with van der Waals surface area (Å²) >= 11 is 5.91. The molecule has 1 aromatic rings. The molecule has 0 N–H and O–H groups in total. The second-order valence-corrected chi connectivity index (χ2v) is 4.79. The van der Waals surface area contributed by atoms with Crippen molar-refractivity contribution in [3.8, 4) is 6.07 Å². The molecule has 1 atom stereocenters. The zero-order valence-corrected chi connectivity index (χ0v) is 9.93. The number of hydrogen-bond donors (Lipinski definition) is 0. The van der Waals surface area contributed by atoms with E-state index >= 15 is 0 Å². The normalized spacial score (nSPS) is 23.7. The summed E-state index contributed by atoms with van der Waals surface area (Å²) in [5, 5.41) is 9.48. The predicted octanol–water partition coefficient (Wildman–Crippen LogP) is 3.28. The van der Waals surface area contributed by atoms with Crippen LogP contribution in [0.5, 0.6) is 0 Å². The molecule has 1 unspecified atom stereocenters. The van der Waals surface area contributed by atoms with Gasteiger partial charge in [0.2, 0.25) is 0 Å². The summed E-state index contributed by atoms with van der Waals surface area (Å²) in [4.78, 5) is 11.8. The van der Waals surface area contributed by atoms with Gasteiger partial charge in [-0.05, 0) is 37.0 Å². The summed E-state index contributed by atoms with van der Waals surface area (Å²) in [5.41, 5.74) is -0.300. The molecule has 0 amide bonds. The monoisotopic (exact) mass is 251 g/mol. The van der Waals surface area contributed by atoms with E-state index in [0.29, 0.717) is 18.4 Å². The number of rotatable bonds is 2. The van der Waals surface area contributed by atoms with Crippen LogP contribution >= 0.6 is 11.6 Å². The predicted molar refractivity (Wildman–Crippen MR) is 62.0 cm³/mol. The Hall–Kier alpha value is -1.40. The van der Waals surface area contributed by atoms with E-state index in [4.69, 9.17) is 11.6 Å². The van der Waals surface area contributed by atoms with Gasteiger partial charge in [-0.25, -0.2) is 4.39 Å². The average molecular weight is 252 g/mol. The molecule has 1 fully saturated rings. The fourth-order valence-electron chi connectivity index (χ4n) is 2.26. The number of carbonyl (C=O) groups excluding carboxylic acids is 1. The maximum absolute atomic E-state index is 12.9. The molecular formula is C13H11ClFNO. The van der Waals surface area contributed by atoms with Crippen molar-refractivity contribution in [1.29, 1.82) is 5.26 Å². The van der Waals surface area contributed by atoms with E-state index in [1.54, 1.807) is 6.07 Å². The minimum absolute atomic E-state index is 0.0274. The number of nitrogens with zero attached hydrogens (tertiary/aromatic N) is 1. The Morgan fingerprint density at radius 1 is 1.53 bits per heavy atom. The van der Waals surface area contributed by atoms with Crippen LogP contribution in [0.1, 0.15) is 24.8 Å². The van der Waals surface area contributed by atoms with E-state index in [-0.39, 0.29) is 17.2 Å². The second-order valence-electron chi connectivity index (χ2n) is 4.38. The number of ketones is 1. The molecule has 0 heterocycles. The molecule has 0 saturated heterocycles. The maximum Gasteiger partial charge on any atom is 0.153 e. The lowest BCUT2D eigenvalue weighted by Crippen LogP contribution is -2.26. The fourth-order valence-corrected chi connectivity index (χ4v) is 2.50. The highest BCUT2D eigenvalue weighted by atomic mass is 35.5. The van der Waals surface area contributed by atoms with E-state index in [0.717, 1.165) is 6.42 Å². The lowest BCUT2D eigenvalue weighted by molar-refractivity contribution is -0.123. The molecule has 1 aliphatic rings. The number of halogens is 2. The largest absolute Gasteiger partial charge is 0.298 e. The van der Waals surface area contributed by atoms with Crippen molar-refractivity contribution >= 4 is 17.4 Å². The van der Waals surface area contributed by atoms with Crippen LogP contribution in [0.3, 0.4) is 0 Å². The van der Waals surface area contributed by atoms with E-state index in [1.807, 2.05) is 0 Å². The van der Waals surface area contributed by atoms with Gasteiger partial charge in [-0.2, -0.15) is 5.26 Å². The first-order valence-electron chi connectivity index (χ1n) is 5.46. The van der Waals surface area contributed by atoms with Gasteiger partial charge in [-0.3, -0.25) is 4.79 Å². The van der Waals surface area contributed by atoms with Crippen molar-refractivity contribution < 1.29 is 9.18 Å². The van der Waals surface area contributed by atoms with E-state index in [2.05, 4.69) is 6.07 Å². The molecule has 1 saturated carbocycles. The summed E-state index contributed by atoms with van der Waals surface area (Å²) in [7, 11) is 0. The van der Waals surface area contributed by atoms with Crippen molar-refractivity contribution in [1.82, 2.24) is 0 Å². The van der Waals surface area contributed by atoms with E-state index in [9.17, 15) is 14.4 Å². The van der Waals surface area contributed by atoms with Gasteiger partial charge in [0, 0.05) is 11.4 Å². The standard InChI is InChI=1S/C13H11ClFNO/c14-11-6-10(15)4-3-9(11)7-13(8-16)5-1-2-12(13)17/h3-4,6H,1-2,5,7H2. The van der Waals surface area contributed by atoms with Gasteiger partial charge in [0.05, 0.1) is 6.07 Å². The first-order valence-corrected chi connectivity index (χ1v) is 5.84. The summed E-state index contributed by atoms with van der Waals surface area (Å²) < 4.78 is 12.9. The Balaban J connectivity index is 2.31. The van der Waals surface area contributed by atoms with Crippen molar-refractivity contribution in [2.75, 3.05) is 0 Å². The SMILES string of the molecule is N#CC1(Cc2ccc(F)cc2Cl)CCCC1=O. The Kier molecular flexibility index (Phi) is 3.17. The molecule has 2 nitrogen and oxygen atoms in total. The summed E-state index contributed by atoms with van der Waals surface area (Å²) in [6, 6.07) is 6.17. The number of Topliss-reactive ketones (excluding diaryl/α,β-unsaturated/α-hetero) is 1. The van der Waals surface area contributed by atoms with Crippen LogP contribution in [0.25, 0.3) is 0 Å². The molecule has 1 aromatic carbocycles. The van der Waals surface area contributed by atoms with Crippen LogP contribution in [-0.4, -0.2) is 5.78 Å². The van der Waals surface area contributed by atoms with Crippen LogP contribution in [0, 0.1) is 22.6 Å². The maximum atomic E-state index is 12.9. The molecule has 0 aromatic heterocycles. The molecular weight excluding hydrogens is 241 g/mol. The van der Waals surface area contributed by atoms with Gasteiger partial charge in [0.25, 0.3) is 0 Å². The Bertz CT molecular complexity index is 509. The van der Waals surface area contributed by atoms with Crippen molar-refractivity contribution in [3.05, 3.63) is 34.6 Å². The Labute approximate surface area is 104 Å². The van der Waals surface area contributed by atoms with Crippen molar-refractivity contribution in [3.63, 3.8) is 0 Å². The van der Waals surface area contributed by atoms with Crippen LogP contribution < -0.4 is 0 Å². The Morgan fingerprint density at radius 3 is 2.82 bits per heavy atom. The minimum atomic E-state index is -0.957. The lowest BCUT2D eigenvalue weighted by Gasteiger charge is -2.19. The van der Waals surface area contributed by atoms with Gasteiger partial charge in [0.1, 0.15) is 11.2 Å². The second kappa shape index (κ2) is 4.46. The van der Waals surface area contributed by atoms with E-state index < -0.39 is 11.2 Å². The van der Waals surface area contributed by atoms with Crippen molar-refractivity contribution in [2.45, 2.75) is 25.7 Å². The number of carbonyl (C=O) groups is 1. The molecule has 1 aliphatic carbocycles. The molecule has 0 aliphatic heterocycles. The average Bonchev–Trinajstić information content (AvgIpc) is 2.65. The smallest absolute Gasteiger partial charge is 0.153 e. The van der Waals surface area contributed by atoms with Gasteiger partial charge in [-0.1, -0.05) is 17.7 Å². The zero-order valence-electron chi connectivity index (χ0n) is 9.17. The molecule has 0 spiro atoms. The van der Waals surface area contributed by atoms with Crippen LogP contribution in [0.4, 0.5) is 4.39 Å². The molecule has 88 valence electrons. The number of benzene rings is 1. The van der Waals surface area contributed by atoms with Crippen LogP contribution in [0.15, 0.2) is 18.2 Å². The van der Waals surface area contributed by atoms with Crippen LogP contribution in [-0.2, 0) is 11.2 Å². The number of nitriles is 1. The lowest BCUT2D eigenvalue weighted by atomic mass is 9.81. The minimum Gasteiger partial charge on any atom is -0.298 e. The van der Waals surface area contributed by atoms with Gasteiger partial charge < -0.3 is 0 Å². The number of hydrogen-bond acceptors (Lipinski definition) is 2. The molecule has 2 rings (SSSR count). The Morgan fingerprint density at radius 2 is 2.29 bits per heavy atom. The highest BCUT2D eigenvalue weighted by Gasteiger charge is 2.42. The van der Waals surface area contributed by atoms with E-state index in [1.165, 1.54) is 12.1 Å². The van der Waals surface area contributed by atoms with Gasteiger partial charge >= 0.3 is 0 Å². The molecule has 17 heavy (non-hydrogen) atoms. The topological polar surface area (TPSA) is 40.9 Å². The van der Waals surface area contributed by atoms with Crippen LogP contribution in [0.2, 0.25) is 5.02 Å². The van der Waals surface area contributed by atoms with Gasteiger partial charge in [0.15, 0.2) is 5.78 Å². The molecule has 4 heteroatoms. The summed E-state index contributed by atoms with van der Waals surface area (Å²) in [6.07, 6.45) is 2.04. The van der Waals surface area contributed by atoms with Gasteiger partial charge in [-0.15, -0.1) is 0 Å². The third kappa shape index (κ3) is 2.18. The first kappa shape index (κ1) is 12.1. The summed E-state index contributed by atoms with van der Waals surface area (Å²) in [6.45, 7) is 0.